The number of halogens is 1. The van der Waals surface area contributed by atoms with Gasteiger partial charge in [0.15, 0.2) is 0 Å². The van der Waals surface area contributed by atoms with E-state index in [1.807, 2.05) is 32.0 Å². The SMILES string of the molecule is CC(C)C(NC(=O)c1ccc(Cl)cc1)C(=O)NCC(c1ccccc1)N1CCCC1. The number of carbonyl (C=O) groups excluding carboxylic acids is 2. The molecule has 2 N–H and O–H groups in total. The van der Waals surface area contributed by atoms with Crippen molar-refractivity contribution in [3.63, 3.8) is 0 Å². The lowest BCUT2D eigenvalue weighted by atomic mass is 10.0. The Bertz CT molecular complexity index is 833. The fourth-order valence-corrected chi connectivity index (χ4v) is 3.98. The minimum absolute atomic E-state index is 0.0387. The van der Waals surface area contributed by atoms with Gasteiger partial charge in [-0.2, -0.15) is 0 Å². The number of amides is 2. The Morgan fingerprint density at radius 3 is 2.23 bits per heavy atom. The lowest BCUT2D eigenvalue weighted by Crippen LogP contribution is -2.51. The third kappa shape index (κ3) is 5.83. The molecule has 2 unspecified atom stereocenters. The molecule has 0 spiro atoms. The number of hydrogen-bond acceptors (Lipinski definition) is 3. The molecule has 5 nitrogen and oxygen atoms in total. The monoisotopic (exact) mass is 427 g/mol. The van der Waals surface area contributed by atoms with Gasteiger partial charge in [0.2, 0.25) is 5.91 Å². The number of hydrogen-bond donors (Lipinski definition) is 2. The number of benzene rings is 2. The van der Waals surface area contributed by atoms with Crippen LogP contribution in [-0.2, 0) is 4.79 Å². The Morgan fingerprint density at radius 2 is 1.63 bits per heavy atom. The first kappa shape index (κ1) is 22.3. The fraction of sp³-hybridized carbons (Fsp3) is 0.417. The van der Waals surface area contributed by atoms with Crippen molar-refractivity contribution in [2.24, 2.45) is 5.92 Å². The van der Waals surface area contributed by atoms with Crippen molar-refractivity contribution in [3.8, 4) is 0 Å². The molecule has 2 amide bonds. The van der Waals surface area contributed by atoms with Crippen LogP contribution in [0.4, 0.5) is 0 Å². The number of nitrogens with zero attached hydrogens (tertiary/aromatic N) is 1. The molecule has 0 saturated carbocycles. The molecule has 1 fully saturated rings. The summed E-state index contributed by atoms with van der Waals surface area (Å²) in [5.41, 5.74) is 1.68. The van der Waals surface area contributed by atoms with Gasteiger partial charge in [0.25, 0.3) is 5.91 Å². The van der Waals surface area contributed by atoms with Crippen LogP contribution >= 0.6 is 11.6 Å². The van der Waals surface area contributed by atoms with Crippen molar-refractivity contribution in [2.45, 2.75) is 38.8 Å². The Labute approximate surface area is 183 Å². The van der Waals surface area contributed by atoms with Crippen LogP contribution < -0.4 is 10.6 Å². The van der Waals surface area contributed by atoms with Gasteiger partial charge >= 0.3 is 0 Å². The van der Waals surface area contributed by atoms with Crippen LogP contribution in [0.1, 0.15) is 48.7 Å². The van der Waals surface area contributed by atoms with Crippen molar-refractivity contribution >= 4 is 23.4 Å². The van der Waals surface area contributed by atoms with Crippen LogP contribution in [0.15, 0.2) is 54.6 Å². The van der Waals surface area contributed by atoms with Gasteiger partial charge in [-0.05, 0) is 61.7 Å². The van der Waals surface area contributed by atoms with E-state index in [0.29, 0.717) is 17.1 Å². The number of rotatable bonds is 8. The molecule has 1 aliphatic heterocycles. The Kier molecular flexibility index (Phi) is 7.88. The van der Waals surface area contributed by atoms with Crippen molar-refractivity contribution in [2.75, 3.05) is 19.6 Å². The van der Waals surface area contributed by atoms with Gasteiger partial charge in [0.05, 0.1) is 6.04 Å². The van der Waals surface area contributed by atoms with Crippen LogP contribution in [0, 0.1) is 5.92 Å². The third-order valence-electron chi connectivity index (χ3n) is 5.58. The molecule has 2 aromatic carbocycles. The molecule has 30 heavy (non-hydrogen) atoms. The van der Waals surface area contributed by atoms with Crippen molar-refractivity contribution in [3.05, 3.63) is 70.7 Å². The van der Waals surface area contributed by atoms with E-state index in [1.54, 1.807) is 24.3 Å². The van der Waals surface area contributed by atoms with E-state index in [0.717, 1.165) is 13.1 Å². The smallest absolute Gasteiger partial charge is 0.251 e. The number of carbonyl (C=O) groups is 2. The van der Waals surface area contributed by atoms with Crippen molar-refractivity contribution in [1.29, 1.82) is 0 Å². The molecule has 0 aromatic heterocycles. The highest BCUT2D eigenvalue weighted by molar-refractivity contribution is 6.30. The second-order valence-corrected chi connectivity index (χ2v) is 8.55. The summed E-state index contributed by atoms with van der Waals surface area (Å²) >= 11 is 5.90. The molecule has 1 aliphatic rings. The average molecular weight is 428 g/mol. The summed E-state index contributed by atoms with van der Waals surface area (Å²) in [4.78, 5) is 28.0. The van der Waals surface area contributed by atoms with Crippen LogP contribution in [0.3, 0.4) is 0 Å². The highest BCUT2D eigenvalue weighted by Gasteiger charge is 2.28. The molecule has 1 saturated heterocycles. The predicted octanol–water partition coefficient (Wildman–Crippen LogP) is 4.05. The van der Waals surface area contributed by atoms with Crippen LogP contribution in [0.25, 0.3) is 0 Å². The topological polar surface area (TPSA) is 61.4 Å². The predicted molar refractivity (Wildman–Crippen MR) is 121 cm³/mol. The molecule has 2 atom stereocenters. The molecule has 0 bridgehead atoms. The summed E-state index contributed by atoms with van der Waals surface area (Å²) in [7, 11) is 0. The fourth-order valence-electron chi connectivity index (χ4n) is 3.85. The highest BCUT2D eigenvalue weighted by atomic mass is 35.5. The quantitative estimate of drug-likeness (QED) is 0.668. The Morgan fingerprint density at radius 1 is 1.00 bits per heavy atom. The summed E-state index contributed by atoms with van der Waals surface area (Å²) in [6, 6.07) is 16.5. The molecular formula is C24H30ClN3O2. The van der Waals surface area contributed by atoms with Gasteiger partial charge in [-0.15, -0.1) is 0 Å². The number of nitrogens with one attached hydrogen (secondary N) is 2. The van der Waals surface area contributed by atoms with Crippen molar-refractivity contribution < 1.29 is 9.59 Å². The molecule has 0 radical (unpaired) electrons. The van der Waals surface area contributed by atoms with Gasteiger partial charge in [-0.3, -0.25) is 14.5 Å². The molecule has 2 aromatic rings. The molecule has 160 valence electrons. The van der Waals surface area contributed by atoms with Gasteiger partial charge in [0.1, 0.15) is 6.04 Å². The van der Waals surface area contributed by atoms with Crippen molar-refractivity contribution in [1.82, 2.24) is 15.5 Å². The van der Waals surface area contributed by atoms with E-state index in [-0.39, 0.29) is 23.8 Å². The zero-order valence-corrected chi connectivity index (χ0v) is 18.4. The normalized spacial score (nSPS) is 16.3. The van der Waals surface area contributed by atoms with E-state index in [4.69, 9.17) is 11.6 Å². The first-order chi connectivity index (χ1) is 14.5. The first-order valence-electron chi connectivity index (χ1n) is 10.6. The summed E-state index contributed by atoms with van der Waals surface area (Å²) in [6.07, 6.45) is 2.37. The van der Waals surface area contributed by atoms with E-state index >= 15 is 0 Å². The summed E-state index contributed by atoms with van der Waals surface area (Å²) in [6.45, 7) is 6.46. The summed E-state index contributed by atoms with van der Waals surface area (Å²) < 4.78 is 0. The molecule has 1 heterocycles. The van der Waals surface area contributed by atoms with Crippen LogP contribution in [-0.4, -0.2) is 42.4 Å². The summed E-state index contributed by atoms with van der Waals surface area (Å²) in [5.74, 6) is -0.477. The second kappa shape index (κ2) is 10.6. The average Bonchev–Trinajstić information content (AvgIpc) is 3.27. The minimum Gasteiger partial charge on any atom is -0.352 e. The lowest BCUT2D eigenvalue weighted by Gasteiger charge is -2.29. The lowest BCUT2D eigenvalue weighted by molar-refractivity contribution is -0.124. The third-order valence-corrected chi connectivity index (χ3v) is 5.83. The first-order valence-corrected chi connectivity index (χ1v) is 11.0. The van der Waals surface area contributed by atoms with E-state index < -0.39 is 6.04 Å². The zero-order valence-electron chi connectivity index (χ0n) is 17.6. The van der Waals surface area contributed by atoms with Gasteiger partial charge < -0.3 is 10.6 Å². The maximum absolute atomic E-state index is 13.0. The van der Waals surface area contributed by atoms with E-state index in [9.17, 15) is 9.59 Å². The van der Waals surface area contributed by atoms with Crippen LogP contribution in [0.2, 0.25) is 5.02 Å². The maximum atomic E-state index is 13.0. The molecular weight excluding hydrogens is 398 g/mol. The van der Waals surface area contributed by atoms with E-state index in [2.05, 4.69) is 27.7 Å². The zero-order chi connectivity index (χ0) is 21.5. The highest BCUT2D eigenvalue weighted by Crippen LogP contribution is 2.24. The second-order valence-electron chi connectivity index (χ2n) is 8.12. The maximum Gasteiger partial charge on any atom is 0.251 e. The number of likely N-dealkylation sites (tertiary alicyclic amines) is 1. The molecule has 3 rings (SSSR count). The van der Waals surface area contributed by atoms with E-state index in [1.165, 1.54) is 18.4 Å². The Balaban J connectivity index is 1.66. The molecule has 6 heteroatoms. The minimum atomic E-state index is -0.608. The van der Waals surface area contributed by atoms with Gasteiger partial charge in [-0.25, -0.2) is 0 Å². The molecule has 0 aliphatic carbocycles. The Hall–Kier alpha value is -2.37. The van der Waals surface area contributed by atoms with Gasteiger partial charge in [0, 0.05) is 17.1 Å². The van der Waals surface area contributed by atoms with Gasteiger partial charge in [-0.1, -0.05) is 55.8 Å². The van der Waals surface area contributed by atoms with Crippen LogP contribution in [0.5, 0.6) is 0 Å². The largest absolute Gasteiger partial charge is 0.352 e. The summed E-state index contributed by atoms with van der Waals surface area (Å²) in [5, 5.41) is 6.53. The standard InChI is InChI=1S/C24H30ClN3O2/c1-17(2)22(27-23(29)19-10-12-20(25)13-11-19)24(30)26-16-21(28-14-6-7-15-28)18-8-4-3-5-9-18/h3-5,8-13,17,21-22H,6-7,14-16H2,1-2H3,(H,26,30)(H,27,29).